The Bertz CT molecular complexity index is 474. The van der Waals surface area contributed by atoms with Gasteiger partial charge < -0.3 is 5.32 Å². The van der Waals surface area contributed by atoms with Crippen LogP contribution < -0.4 is 5.32 Å². The molecule has 118 valence electrons. The van der Waals surface area contributed by atoms with Gasteiger partial charge in [-0.05, 0) is 46.8 Å². The lowest BCUT2D eigenvalue weighted by Crippen LogP contribution is -2.45. The standard InChI is InChI=1S/C16H23BrF2N2/c1-11(2)3-6-14(21-9-7-20-8-10-21)15-13(18)5-4-12(17)16(15)19/h4-5,11,14,20H,3,6-10H2,1-2H3/t14-/m0/s1. The van der Waals surface area contributed by atoms with Gasteiger partial charge in [-0.1, -0.05) is 13.8 Å². The van der Waals surface area contributed by atoms with Gasteiger partial charge in [-0.15, -0.1) is 0 Å². The summed E-state index contributed by atoms with van der Waals surface area (Å²) in [5.74, 6) is -0.376. The fourth-order valence-corrected chi connectivity index (χ4v) is 3.19. The topological polar surface area (TPSA) is 15.3 Å². The lowest BCUT2D eigenvalue weighted by Gasteiger charge is -2.36. The van der Waals surface area contributed by atoms with Gasteiger partial charge in [0.25, 0.3) is 0 Å². The molecule has 2 nitrogen and oxygen atoms in total. The Morgan fingerprint density at radius 2 is 1.86 bits per heavy atom. The summed E-state index contributed by atoms with van der Waals surface area (Å²) < 4.78 is 29.1. The predicted octanol–water partition coefficient (Wildman–Crippen LogP) is 4.11. The monoisotopic (exact) mass is 360 g/mol. The second-order valence-electron chi connectivity index (χ2n) is 6.03. The largest absolute Gasteiger partial charge is 0.314 e. The molecule has 0 saturated carbocycles. The zero-order chi connectivity index (χ0) is 15.4. The lowest BCUT2D eigenvalue weighted by molar-refractivity contribution is 0.153. The molecule has 0 unspecified atom stereocenters. The van der Waals surface area contributed by atoms with Crippen LogP contribution in [0.1, 0.15) is 38.3 Å². The van der Waals surface area contributed by atoms with Gasteiger partial charge in [0.1, 0.15) is 11.6 Å². The van der Waals surface area contributed by atoms with Crippen LogP contribution in [0.2, 0.25) is 0 Å². The fraction of sp³-hybridized carbons (Fsp3) is 0.625. The van der Waals surface area contributed by atoms with Gasteiger partial charge >= 0.3 is 0 Å². The molecule has 1 atom stereocenters. The van der Waals surface area contributed by atoms with E-state index in [1.807, 2.05) is 0 Å². The molecule has 0 spiro atoms. The van der Waals surface area contributed by atoms with E-state index in [1.54, 1.807) is 0 Å². The average molecular weight is 361 g/mol. The summed E-state index contributed by atoms with van der Waals surface area (Å²) >= 11 is 3.18. The van der Waals surface area contributed by atoms with Crippen molar-refractivity contribution in [1.82, 2.24) is 10.2 Å². The van der Waals surface area contributed by atoms with Crippen LogP contribution in [-0.4, -0.2) is 31.1 Å². The molecular weight excluding hydrogens is 338 g/mol. The Balaban J connectivity index is 2.31. The first kappa shape index (κ1) is 16.8. The molecule has 5 heteroatoms. The number of hydrogen-bond donors (Lipinski definition) is 1. The quantitative estimate of drug-likeness (QED) is 0.794. The molecule has 0 bridgehead atoms. The number of benzene rings is 1. The first-order valence-electron chi connectivity index (χ1n) is 7.59. The smallest absolute Gasteiger partial charge is 0.145 e. The molecule has 1 fully saturated rings. The summed E-state index contributed by atoms with van der Waals surface area (Å²) in [6.07, 6.45) is 1.74. The van der Waals surface area contributed by atoms with Crippen LogP contribution in [0.5, 0.6) is 0 Å². The third kappa shape index (κ3) is 4.24. The van der Waals surface area contributed by atoms with E-state index in [-0.39, 0.29) is 11.6 Å². The number of nitrogens with zero attached hydrogens (tertiary/aromatic N) is 1. The molecule has 0 aliphatic carbocycles. The van der Waals surface area contributed by atoms with E-state index >= 15 is 0 Å². The van der Waals surface area contributed by atoms with Gasteiger partial charge in [-0.3, -0.25) is 4.90 Å². The zero-order valence-corrected chi connectivity index (χ0v) is 14.2. The van der Waals surface area contributed by atoms with Crippen LogP contribution in [0.15, 0.2) is 16.6 Å². The maximum atomic E-state index is 14.5. The van der Waals surface area contributed by atoms with Crippen molar-refractivity contribution >= 4 is 15.9 Å². The molecule has 1 saturated heterocycles. The summed E-state index contributed by atoms with van der Waals surface area (Å²) in [5.41, 5.74) is 0.215. The van der Waals surface area contributed by atoms with Crippen molar-refractivity contribution in [3.8, 4) is 0 Å². The van der Waals surface area contributed by atoms with Crippen LogP contribution in [0, 0.1) is 17.6 Å². The molecule has 0 aromatic heterocycles. The minimum atomic E-state index is -0.456. The third-order valence-corrected chi connectivity index (χ3v) is 4.63. The minimum absolute atomic E-state index is 0.188. The Hall–Kier alpha value is -0.520. The van der Waals surface area contributed by atoms with Crippen molar-refractivity contribution < 1.29 is 8.78 Å². The predicted molar refractivity (Wildman–Crippen MR) is 85.3 cm³/mol. The molecular formula is C16H23BrF2N2. The highest BCUT2D eigenvalue weighted by Gasteiger charge is 2.28. The highest BCUT2D eigenvalue weighted by molar-refractivity contribution is 9.10. The molecule has 0 radical (unpaired) electrons. The summed E-state index contributed by atoms with van der Waals surface area (Å²) in [6, 6.07) is 2.60. The highest BCUT2D eigenvalue weighted by atomic mass is 79.9. The van der Waals surface area contributed by atoms with Crippen molar-refractivity contribution in [1.29, 1.82) is 0 Å². The Morgan fingerprint density at radius 1 is 1.19 bits per heavy atom. The van der Waals surface area contributed by atoms with Crippen LogP contribution in [0.3, 0.4) is 0 Å². The zero-order valence-electron chi connectivity index (χ0n) is 12.6. The van der Waals surface area contributed by atoms with E-state index in [4.69, 9.17) is 0 Å². The number of hydrogen-bond acceptors (Lipinski definition) is 2. The van der Waals surface area contributed by atoms with E-state index in [9.17, 15) is 8.78 Å². The normalized spacial score (nSPS) is 18.2. The van der Waals surface area contributed by atoms with E-state index in [0.717, 1.165) is 39.0 Å². The van der Waals surface area contributed by atoms with Crippen LogP contribution in [0.25, 0.3) is 0 Å². The average Bonchev–Trinajstić information content (AvgIpc) is 2.47. The van der Waals surface area contributed by atoms with Crippen molar-refractivity contribution in [2.75, 3.05) is 26.2 Å². The van der Waals surface area contributed by atoms with E-state index in [2.05, 4.69) is 40.0 Å². The lowest BCUT2D eigenvalue weighted by atomic mass is 9.95. The summed E-state index contributed by atoms with van der Waals surface area (Å²) in [5, 5.41) is 3.29. The van der Waals surface area contributed by atoms with Crippen molar-refractivity contribution in [2.45, 2.75) is 32.7 Å². The molecule has 0 amide bonds. The number of nitrogens with one attached hydrogen (secondary N) is 1. The first-order valence-corrected chi connectivity index (χ1v) is 8.38. The molecule has 21 heavy (non-hydrogen) atoms. The van der Waals surface area contributed by atoms with Crippen molar-refractivity contribution in [2.24, 2.45) is 5.92 Å². The Labute approximate surface area is 134 Å². The molecule has 1 aliphatic heterocycles. The molecule has 1 N–H and O–H groups in total. The summed E-state index contributed by atoms with van der Waals surface area (Å²) in [4.78, 5) is 2.20. The summed E-state index contributed by atoms with van der Waals surface area (Å²) in [6.45, 7) is 7.68. The molecule has 1 heterocycles. The van der Waals surface area contributed by atoms with Crippen molar-refractivity contribution in [3.63, 3.8) is 0 Å². The minimum Gasteiger partial charge on any atom is -0.314 e. The molecule has 1 aromatic rings. The van der Waals surface area contributed by atoms with Crippen LogP contribution >= 0.6 is 15.9 Å². The fourth-order valence-electron chi connectivity index (χ4n) is 2.84. The molecule has 2 rings (SSSR count). The highest BCUT2D eigenvalue weighted by Crippen LogP contribution is 2.34. The van der Waals surface area contributed by atoms with Gasteiger partial charge in [0, 0.05) is 37.8 Å². The van der Waals surface area contributed by atoms with Gasteiger partial charge in [0.15, 0.2) is 0 Å². The van der Waals surface area contributed by atoms with Crippen LogP contribution in [0.4, 0.5) is 8.78 Å². The maximum Gasteiger partial charge on any atom is 0.145 e. The third-order valence-electron chi connectivity index (χ3n) is 4.02. The molecule has 1 aliphatic rings. The van der Waals surface area contributed by atoms with Gasteiger partial charge in [0.2, 0.25) is 0 Å². The van der Waals surface area contributed by atoms with Gasteiger partial charge in [-0.2, -0.15) is 0 Å². The number of rotatable bonds is 5. The first-order chi connectivity index (χ1) is 10.0. The van der Waals surface area contributed by atoms with E-state index in [1.165, 1.54) is 12.1 Å². The molecule has 1 aromatic carbocycles. The Kier molecular flexibility index (Phi) is 6.14. The second-order valence-corrected chi connectivity index (χ2v) is 6.88. The van der Waals surface area contributed by atoms with E-state index in [0.29, 0.717) is 10.4 Å². The van der Waals surface area contributed by atoms with E-state index < -0.39 is 11.6 Å². The second kappa shape index (κ2) is 7.65. The van der Waals surface area contributed by atoms with Gasteiger partial charge in [0.05, 0.1) is 4.47 Å². The van der Waals surface area contributed by atoms with Crippen LogP contribution in [-0.2, 0) is 0 Å². The Morgan fingerprint density at radius 3 is 2.48 bits per heavy atom. The summed E-state index contributed by atoms with van der Waals surface area (Å²) in [7, 11) is 0. The van der Waals surface area contributed by atoms with Gasteiger partial charge in [-0.25, -0.2) is 8.78 Å². The number of halogens is 3. The maximum absolute atomic E-state index is 14.5. The number of piperazine rings is 1. The van der Waals surface area contributed by atoms with Crippen molar-refractivity contribution in [3.05, 3.63) is 33.8 Å². The SMILES string of the molecule is CC(C)CC[C@@H](c1c(F)ccc(Br)c1F)N1CCNCC1.